The van der Waals surface area contributed by atoms with E-state index in [0.717, 1.165) is 25.0 Å². The van der Waals surface area contributed by atoms with Crippen molar-refractivity contribution in [3.63, 3.8) is 0 Å². The summed E-state index contributed by atoms with van der Waals surface area (Å²) >= 11 is 0. The molecule has 0 amide bonds. The number of carbonyl (C=O) groups is 1. The molecule has 1 rings (SSSR count). The van der Waals surface area contributed by atoms with E-state index in [0.29, 0.717) is 19.6 Å². The second kappa shape index (κ2) is 8.56. The fourth-order valence-corrected chi connectivity index (χ4v) is 1.73. The monoisotopic (exact) mass is 250 g/mol. The molecule has 18 heavy (non-hydrogen) atoms. The standard InChI is InChI=1S/C15H22O3/c1-3-8-15(16)18-12-7-10-13-9-5-6-11-14(13)17-4-2/h5-6,9,11H,3-4,7-8,10,12H2,1-2H3. The van der Waals surface area contributed by atoms with Crippen molar-refractivity contribution in [2.45, 2.75) is 39.5 Å². The third kappa shape index (κ3) is 5.21. The molecule has 0 bridgehead atoms. The van der Waals surface area contributed by atoms with Gasteiger partial charge in [0.2, 0.25) is 0 Å². The van der Waals surface area contributed by atoms with E-state index < -0.39 is 0 Å². The lowest BCUT2D eigenvalue weighted by Gasteiger charge is -2.09. The second-order valence-corrected chi connectivity index (χ2v) is 4.11. The van der Waals surface area contributed by atoms with Crippen LogP contribution in [0, 0.1) is 0 Å². The maximum absolute atomic E-state index is 11.2. The van der Waals surface area contributed by atoms with Crippen molar-refractivity contribution >= 4 is 5.97 Å². The van der Waals surface area contributed by atoms with E-state index in [9.17, 15) is 4.79 Å². The van der Waals surface area contributed by atoms with Crippen molar-refractivity contribution in [3.05, 3.63) is 29.8 Å². The van der Waals surface area contributed by atoms with Gasteiger partial charge in [-0.05, 0) is 37.8 Å². The quantitative estimate of drug-likeness (QED) is 0.524. The molecule has 0 aromatic heterocycles. The first-order chi connectivity index (χ1) is 8.77. The molecule has 0 aliphatic carbocycles. The predicted octanol–water partition coefficient (Wildman–Crippen LogP) is 3.36. The Morgan fingerprint density at radius 2 is 2.00 bits per heavy atom. The minimum absolute atomic E-state index is 0.101. The Morgan fingerprint density at radius 1 is 1.22 bits per heavy atom. The van der Waals surface area contributed by atoms with Crippen molar-refractivity contribution in [2.75, 3.05) is 13.2 Å². The number of hydrogen-bond acceptors (Lipinski definition) is 3. The summed E-state index contributed by atoms with van der Waals surface area (Å²) in [6.45, 7) is 5.10. The number of aryl methyl sites for hydroxylation is 1. The summed E-state index contributed by atoms with van der Waals surface area (Å²) in [4.78, 5) is 11.2. The van der Waals surface area contributed by atoms with E-state index in [2.05, 4.69) is 6.07 Å². The van der Waals surface area contributed by atoms with Crippen LogP contribution in [-0.2, 0) is 16.0 Å². The molecule has 0 N–H and O–H groups in total. The van der Waals surface area contributed by atoms with Crippen LogP contribution in [0.2, 0.25) is 0 Å². The first-order valence-electron chi connectivity index (χ1n) is 6.64. The van der Waals surface area contributed by atoms with Crippen LogP contribution >= 0.6 is 0 Å². The smallest absolute Gasteiger partial charge is 0.305 e. The number of carbonyl (C=O) groups excluding carboxylic acids is 1. The molecule has 1 aromatic carbocycles. The van der Waals surface area contributed by atoms with Crippen molar-refractivity contribution in [2.24, 2.45) is 0 Å². The van der Waals surface area contributed by atoms with Crippen LogP contribution in [0.15, 0.2) is 24.3 Å². The summed E-state index contributed by atoms with van der Waals surface area (Å²) in [7, 11) is 0. The predicted molar refractivity (Wildman–Crippen MR) is 71.8 cm³/mol. The number of esters is 1. The van der Waals surface area contributed by atoms with Crippen LogP contribution in [0.1, 0.15) is 38.7 Å². The molecule has 0 spiro atoms. The summed E-state index contributed by atoms with van der Waals surface area (Å²) in [6.07, 6.45) is 3.05. The van der Waals surface area contributed by atoms with Crippen LogP contribution in [0.3, 0.4) is 0 Å². The minimum atomic E-state index is -0.101. The van der Waals surface area contributed by atoms with Gasteiger partial charge < -0.3 is 9.47 Å². The zero-order chi connectivity index (χ0) is 13.2. The average molecular weight is 250 g/mol. The molecule has 0 radical (unpaired) electrons. The molecule has 0 fully saturated rings. The summed E-state index contributed by atoms with van der Waals surface area (Å²) in [5.74, 6) is 0.829. The van der Waals surface area contributed by atoms with Gasteiger partial charge in [0.1, 0.15) is 5.75 Å². The Morgan fingerprint density at radius 3 is 2.72 bits per heavy atom. The topological polar surface area (TPSA) is 35.5 Å². The van der Waals surface area contributed by atoms with Crippen molar-refractivity contribution < 1.29 is 14.3 Å². The normalized spacial score (nSPS) is 10.1. The van der Waals surface area contributed by atoms with Gasteiger partial charge in [0.25, 0.3) is 0 Å². The molecule has 0 heterocycles. The zero-order valence-corrected chi connectivity index (χ0v) is 11.3. The third-order valence-electron chi connectivity index (χ3n) is 2.58. The van der Waals surface area contributed by atoms with E-state index in [1.54, 1.807) is 0 Å². The summed E-state index contributed by atoms with van der Waals surface area (Å²) < 4.78 is 10.7. The Balaban J connectivity index is 2.32. The fourth-order valence-electron chi connectivity index (χ4n) is 1.73. The molecule has 0 aliphatic heterocycles. The molecule has 1 aromatic rings. The van der Waals surface area contributed by atoms with Crippen molar-refractivity contribution in [1.82, 2.24) is 0 Å². The highest BCUT2D eigenvalue weighted by atomic mass is 16.5. The van der Waals surface area contributed by atoms with Crippen LogP contribution in [0.25, 0.3) is 0 Å². The van der Waals surface area contributed by atoms with Gasteiger partial charge in [0.15, 0.2) is 0 Å². The van der Waals surface area contributed by atoms with E-state index in [-0.39, 0.29) is 5.97 Å². The molecule has 3 nitrogen and oxygen atoms in total. The van der Waals surface area contributed by atoms with Gasteiger partial charge in [0, 0.05) is 6.42 Å². The van der Waals surface area contributed by atoms with Crippen molar-refractivity contribution in [1.29, 1.82) is 0 Å². The second-order valence-electron chi connectivity index (χ2n) is 4.11. The first-order valence-corrected chi connectivity index (χ1v) is 6.64. The highest BCUT2D eigenvalue weighted by molar-refractivity contribution is 5.69. The number of rotatable bonds is 8. The molecule has 0 aliphatic rings. The number of ether oxygens (including phenoxy) is 2. The lowest BCUT2D eigenvalue weighted by atomic mass is 10.1. The lowest BCUT2D eigenvalue weighted by molar-refractivity contribution is -0.143. The third-order valence-corrected chi connectivity index (χ3v) is 2.58. The summed E-state index contributed by atoms with van der Waals surface area (Å²) in [6, 6.07) is 8.00. The molecule has 0 saturated heterocycles. The maximum atomic E-state index is 11.2. The van der Waals surface area contributed by atoms with Crippen molar-refractivity contribution in [3.8, 4) is 5.75 Å². The lowest BCUT2D eigenvalue weighted by Crippen LogP contribution is -2.06. The largest absolute Gasteiger partial charge is 0.494 e. The Hall–Kier alpha value is -1.51. The number of hydrogen-bond donors (Lipinski definition) is 0. The minimum Gasteiger partial charge on any atom is -0.494 e. The van der Waals surface area contributed by atoms with Crippen LogP contribution in [0.5, 0.6) is 5.75 Å². The average Bonchev–Trinajstić information content (AvgIpc) is 2.37. The highest BCUT2D eigenvalue weighted by Crippen LogP contribution is 2.19. The molecule has 0 saturated carbocycles. The SMILES string of the molecule is CCCC(=O)OCCCc1ccccc1OCC. The van der Waals surface area contributed by atoms with Gasteiger partial charge in [-0.15, -0.1) is 0 Å². The molecular formula is C15H22O3. The Labute approximate surface area is 109 Å². The zero-order valence-electron chi connectivity index (χ0n) is 11.3. The van der Waals surface area contributed by atoms with Gasteiger partial charge in [-0.25, -0.2) is 0 Å². The highest BCUT2D eigenvalue weighted by Gasteiger charge is 2.04. The molecule has 3 heteroatoms. The summed E-state index contributed by atoms with van der Waals surface area (Å²) in [5, 5.41) is 0. The Bertz CT molecular complexity index is 361. The molecule has 0 atom stereocenters. The maximum Gasteiger partial charge on any atom is 0.305 e. The van der Waals surface area contributed by atoms with Gasteiger partial charge in [-0.1, -0.05) is 25.1 Å². The van der Waals surface area contributed by atoms with E-state index >= 15 is 0 Å². The van der Waals surface area contributed by atoms with Crippen LogP contribution < -0.4 is 4.74 Å². The number of benzene rings is 1. The summed E-state index contributed by atoms with van der Waals surface area (Å²) in [5.41, 5.74) is 1.17. The first kappa shape index (κ1) is 14.6. The van der Waals surface area contributed by atoms with Gasteiger partial charge >= 0.3 is 5.97 Å². The van der Waals surface area contributed by atoms with E-state index in [1.807, 2.05) is 32.0 Å². The molecule has 0 unspecified atom stereocenters. The van der Waals surface area contributed by atoms with Crippen LogP contribution in [-0.4, -0.2) is 19.2 Å². The molecular weight excluding hydrogens is 228 g/mol. The van der Waals surface area contributed by atoms with Gasteiger partial charge in [-0.2, -0.15) is 0 Å². The Kier molecular flexibility index (Phi) is 6.92. The van der Waals surface area contributed by atoms with Gasteiger partial charge in [-0.3, -0.25) is 4.79 Å². The number of para-hydroxylation sites is 1. The van der Waals surface area contributed by atoms with E-state index in [1.165, 1.54) is 5.56 Å². The molecule has 100 valence electrons. The van der Waals surface area contributed by atoms with Gasteiger partial charge in [0.05, 0.1) is 13.2 Å². The fraction of sp³-hybridized carbons (Fsp3) is 0.533. The van der Waals surface area contributed by atoms with Crippen LogP contribution in [0.4, 0.5) is 0 Å². The van der Waals surface area contributed by atoms with E-state index in [4.69, 9.17) is 9.47 Å².